The molecule has 0 radical (unpaired) electrons. The fraction of sp³-hybridized carbons (Fsp3) is 0.630. The van der Waals surface area contributed by atoms with E-state index in [9.17, 15) is 35.9 Å². The molecule has 4 nitrogen and oxygen atoms in total. The number of halogens is 6. The highest BCUT2D eigenvalue weighted by atomic mass is 19.4. The largest absolute Gasteiger partial charge is 0.418 e. The third-order valence-corrected chi connectivity index (χ3v) is 9.76. The summed E-state index contributed by atoms with van der Waals surface area (Å²) in [6.07, 6.45) is 0.0164. The van der Waals surface area contributed by atoms with E-state index in [-0.39, 0.29) is 12.0 Å². The van der Waals surface area contributed by atoms with E-state index in [2.05, 4.69) is 12.2 Å². The highest BCUT2D eigenvalue weighted by Crippen LogP contribution is 2.64. The number of hydrogen-bond donors (Lipinski definition) is 1. The Kier molecular flexibility index (Phi) is 5.99. The molecule has 1 aliphatic heterocycles. The lowest BCUT2D eigenvalue weighted by molar-refractivity contribution is -0.142. The summed E-state index contributed by atoms with van der Waals surface area (Å²) in [7, 11) is 0. The molecule has 202 valence electrons. The Balaban J connectivity index is 1.44. The van der Waals surface area contributed by atoms with Gasteiger partial charge >= 0.3 is 18.4 Å². The number of fused-ring (bicyclic) bond motifs is 5. The predicted octanol–water partition coefficient (Wildman–Crippen LogP) is 7.66. The Morgan fingerprint density at radius 2 is 1.70 bits per heavy atom. The lowest BCUT2D eigenvalue weighted by atomic mass is 9.48. The van der Waals surface area contributed by atoms with E-state index in [0.717, 1.165) is 24.2 Å². The average molecular weight is 529 g/mol. The molecule has 0 aromatic heterocycles. The summed E-state index contributed by atoms with van der Waals surface area (Å²) in [5.41, 5.74) is -4.12. The van der Waals surface area contributed by atoms with Gasteiger partial charge in [0.2, 0.25) is 0 Å². The van der Waals surface area contributed by atoms with Gasteiger partial charge in [0.05, 0.1) is 22.9 Å². The Bertz CT molecular complexity index is 1140. The van der Waals surface area contributed by atoms with Gasteiger partial charge < -0.3 is 5.32 Å². The maximum absolute atomic E-state index is 13.6. The molecule has 6 atom stereocenters. The summed E-state index contributed by atoms with van der Waals surface area (Å²) < 4.78 is 80.0. The molecule has 3 aliphatic carbocycles. The molecular weight excluding hydrogens is 498 g/mol. The van der Waals surface area contributed by atoms with Crippen LogP contribution >= 0.6 is 0 Å². The van der Waals surface area contributed by atoms with Crippen LogP contribution in [0.3, 0.4) is 0 Å². The monoisotopic (exact) mass is 528 g/mol. The smallest absolute Gasteiger partial charge is 0.307 e. The molecule has 10 heteroatoms. The maximum atomic E-state index is 13.6. The summed E-state index contributed by atoms with van der Waals surface area (Å²) in [5.74, 6) is 0.634. The van der Waals surface area contributed by atoms with Crippen molar-refractivity contribution in [2.24, 2.45) is 28.6 Å². The number of carbonyl (C=O) groups excluding carboxylic acids is 2. The van der Waals surface area contributed by atoms with Crippen molar-refractivity contribution in [3.63, 3.8) is 0 Å². The zero-order valence-electron chi connectivity index (χ0n) is 20.7. The number of hydrogen-bond acceptors (Lipinski definition) is 2. The second-order valence-electron chi connectivity index (χ2n) is 11.6. The molecule has 1 heterocycles. The molecule has 0 spiro atoms. The SMILES string of the molecule is C[C@@]12CCC[C@H]1[C@@H]1CC[C@H]3N(C(=O)Nc4ccc(C(F)(F)F)cc4C(F)(F)F)C(=O)C=C[C@]3(C)[C@H]1CC2. The van der Waals surface area contributed by atoms with E-state index in [4.69, 9.17) is 0 Å². The Hall–Kier alpha value is -2.52. The highest BCUT2D eigenvalue weighted by Gasteiger charge is 2.59. The van der Waals surface area contributed by atoms with Crippen LogP contribution < -0.4 is 5.32 Å². The first-order valence-electron chi connectivity index (χ1n) is 12.8. The normalized spacial score (nSPS) is 35.6. The summed E-state index contributed by atoms with van der Waals surface area (Å²) in [4.78, 5) is 27.2. The lowest BCUT2D eigenvalue weighted by Crippen LogP contribution is -2.62. The number of imide groups is 1. The summed E-state index contributed by atoms with van der Waals surface area (Å²) in [6.45, 7) is 4.38. The third kappa shape index (κ3) is 4.24. The number of urea groups is 1. The van der Waals surface area contributed by atoms with Crippen LogP contribution in [0.2, 0.25) is 0 Å². The topological polar surface area (TPSA) is 49.4 Å². The van der Waals surface area contributed by atoms with Crippen molar-refractivity contribution in [3.05, 3.63) is 41.5 Å². The number of alkyl halides is 6. The first kappa shape index (κ1) is 26.1. The Morgan fingerprint density at radius 3 is 2.38 bits per heavy atom. The van der Waals surface area contributed by atoms with Gasteiger partial charge in [-0.25, -0.2) is 4.79 Å². The fourth-order valence-electron chi connectivity index (χ4n) is 7.97. The average Bonchev–Trinajstić information content (AvgIpc) is 3.20. The molecule has 1 aromatic rings. The van der Waals surface area contributed by atoms with Gasteiger partial charge in [-0.3, -0.25) is 9.69 Å². The zero-order valence-corrected chi connectivity index (χ0v) is 20.7. The van der Waals surface area contributed by atoms with Gasteiger partial charge in [0, 0.05) is 11.5 Å². The molecule has 1 aromatic carbocycles. The molecule has 5 rings (SSSR count). The van der Waals surface area contributed by atoms with E-state index in [1.165, 1.54) is 25.3 Å². The van der Waals surface area contributed by atoms with Crippen molar-refractivity contribution in [2.75, 3.05) is 5.32 Å². The number of nitrogens with zero attached hydrogens (tertiary/aromatic N) is 1. The van der Waals surface area contributed by atoms with Crippen LogP contribution in [0.4, 0.5) is 36.8 Å². The van der Waals surface area contributed by atoms with Crippen molar-refractivity contribution in [2.45, 2.75) is 77.2 Å². The minimum atomic E-state index is -5.14. The molecule has 3 fully saturated rings. The maximum Gasteiger partial charge on any atom is 0.418 e. The van der Waals surface area contributed by atoms with Crippen molar-refractivity contribution < 1.29 is 35.9 Å². The van der Waals surface area contributed by atoms with Gasteiger partial charge in [0.25, 0.3) is 5.91 Å². The van der Waals surface area contributed by atoms with Gasteiger partial charge in [0.1, 0.15) is 0 Å². The number of benzene rings is 1. The van der Waals surface area contributed by atoms with Gasteiger partial charge in [-0.05, 0) is 79.9 Å². The van der Waals surface area contributed by atoms with Crippen LogP contribution in [-0.2, 0) is 17.1 Å². The molecule has 3 amide bonds. The first-order valence-corrected chi connectivity index (χ1v) is 12.8. The summed E-state index contributed by atoms with van der Waals surface area (Å²) in [5, 5.41) is 2.11. The van der Waals surface area contributed by atoms with E-state index in [0.29, 0.717) is 35.8 Å². The molecule has 4 aliphatic rings. The van der Waals surface area contributed by atoms with Crippen molar-refractivity contribution in [3.8, 4) is 0 Å². The minimum absolute atomic E-state index is 0.0243. The highest BCUT2D eigenvalue weighted by molar-refractivity contribution is 6.06. The second kappa shape index (κ2) is 8.50. The number of rotatable bonds is 1. The van der Waals surface area contributed by atoms with E-state index >= 15 is 0 Å². The van der Waals surface area contributed by atoms with Crippen LogP contribution in [-0.4, -0.2) is 22.9 Å². The van der Waals surface area contributed by atoms with Gasteiger partial charge in [-0.2, -0.15) is 26.3 Å². The van der Waals surface area contributed by atoms with Crippen molar-refractivity contribution in [1.82, 2.24) is 4.90 Å². The van der Waals surface area contributed by atoms with Crippen LogP contribution in [0.5, 0.6) is 0 Å². The summed E-state index contributed by atoms with van der Waals surface area (Å²) >= 11 is 0. The molecule has 0 saturated heterocycles. The number of anilines is 1. The van der Waals surface area contributed by atoms with E-state index in [1.807, 2.05) is 13.0 Å². The second-order valence-corrected chi connectivity index (χ2v) is 11.6. The predicted molar refractivity (Wildman–Crippen MR) is 124 cm³/mol. The number of carbonyl (C=O) groups is 2. The first-order chi connectivity index (χ1) is 17.1. The number of amides is 3. The Morgan fingerprint density at radius 1 is 0.973 bits per heavy atom. The third-order valence-electron chi connectivity index (χ3n) is 9.76. The van der Waals surface area contributed by atoms with Gasteiger partial charge in [-0.15, -0.1) is 0 Å². The molecule has 3 saturated carbocycles. The Labute approximate surface area is 211 Å². The molecule has 0 bridgehead atoms. The minimum Gasteiger partial charge on any atom is -0.307 e. The molecule has 37 heavy (non-hydrogen) atoms. The van der Waals surface area contributed by atoms with Crippen molar-refractivity contribution in [1.29, 1.82) is 0 Å². The lowest BCUT2D eigenvalue weighted by Gasteiger charge is -2.59. The molecular formula is C27H30F6N2O2. The quantitative estimate of drug-likeness (QED) is 0.381. The van der Waals surface area contributed by atoms with Crippen LogP contribution in [0.25, 0.3) is 0 Å². The van der Waals surface area contributed by atoms with Crippen molar-refractivity contribution >= 4 is 17.6 Å². The standard InChI is InChI=1S/C27H30F6N2O2/c1-24-11-3-4-17(24)16-6-8-21-25(2,18(16)9-12-24)13-10-22(36)35(21)23(37)34-20-7-5-15(26(28,29)30)14-19(20)27(31,32)33/h5,7,10,13-14,16-18,21H,3-4,6,8-9,11-12H2,1-2H3,(H,34,37)/t16-,17-,18-,21+,24-,25+/m0/s1. The molecule has 0 unspecified atom stereocenters. The van der Waals surface area contributed by atoms with Gasteiger partial charge in [0.15, 0.2) is 0 Å². The van der Waals surface area contributed by atoms with Crippen LogP contribution in [0, 0.1) is 28.6 Å². The number of nitrogens with one attached hydrogen (secondary N) is 1. The van der Waals surface area contributed by atoms with E-state index < -0.39 is 52.6 Å². The van der Waals surface area contributed by atoms with Crippen LogP contribution in [0.15, 0.2) is 30.4 Å². The zero-order chi connectivity index (χ0) is 27.0. The van der Waals surface area contributed by atoms with Crippen LogP contribution in [0.1, 0.15) is 69.9 Å². The van der Waals surface area contributed by atoms with E-state index in [1.54, 1.807) is 0 Å². The van der Waals surface area contributed by atoms with Gasteiger partial charge in [-0.1, -0.05) is 26.3 Å². The molecule has 1 N–H and O–H groups in total. The summed E-state index contributed by atoms with van der Waals surface area (Å²) in [6, 6.07) is -0.551. The fourth-order valence-corrected chi connectivity index (χ4v) is 7.97.